The minimum atomic E-state index is 0.844. The van der Waals surface area contributed by atoms with E-state index in [1.54, 1.807) is 0 Å². The smallest absolute Gasteiger partial charge is 0.119 e. The Morgan fingerprint density at radius 1 is 0.769 bits per heavy atom. The van der Waals surface area contributed by atoms with E-state index in [-0.39, 0.29) is 0 Å². The molecule has 0 unspecified atom stereocenters. The molecule has 0 amide bonds. The summed E-state index contributed by atoms with van der Waals surface area (Å²) in [6.07, 6.45) is 12.9. The summed E-state index contributed by atoms with van der Waals surface area (Å²) in [7, 11) is 0. The van der Waals surface area contributed by atoms with Gasteiger partial charge in [0.1, 0.15) is 5.75 Å². The van der Waals surface area contributed by atoms with Crippen LogP contribution >= 0.6 is 15.9 Å². The van der Waals surface area contributed by atoms with Gasteiger partial charge >= 0.3 is 0 Å². The highest BCUT2D eigenvalue weighted by atomic mass is 79.9. The van der Waals surface area contributed by atoms with E-state index in [0.717, 1.165) is 30.7 Å². The summed E-state index contributed by atoms with van der Waals surface area (Å²) in [6, 6.07) is 8.76. The minimum absolute atomic E-state index is 0.844. The summed E-state index contributed by atoms with van der Waals surface area (Å²) in [6.45, 7) is 8.88. The predicted octanol–water partition coefficient (Wildman–Crippen LogP) is 7.20. The molecule has 2 nitrogen and oxygen atoms in total. The number of halogens is 1. The Labute approximate surface area is 170 Å². The van der Waals surface area contributed by atoms with Crippen molar-refractivity contribution in [3.8, 4) is 5.75 Å². The SMILES string of the molecule is CCCCN(CCCC)Cc1ccc(OCCCCCCCCBr)cc1. The molecular weight excluding hydrogens is 386 g/mol. The van der Waals surface area contributed by atoms with Crippen LogP contribution in [-0.4, -0.2) is 29.9 Å². The number of rotatable bonds is 17. The molecule has 3 heteroatoms. The van der Waals surface area contributed by atoms with Crippen LogP contribution in [0.25, 0.3) is 0 Å². The third-order valence-electron chi connectivity index (χ3n) is 4.78. The normalized spacial score (nSPS) is 11.2. The van der Waals surface area contributed by atoms with E-state index in [1.165, 1.54) is 76.4 Å². The third-order valence-corrected chi connectivity index (χ3v) is 5.34. The highest BCUT2D eigenvalue weighted by molar-refractivity contribution is 9.09. The van der Waals surface area contributed by atoms with Crippen LogP contribution in [0.5, 0.6) is 5.75 Å². The highest BCUT2D eigenvalue weighted by Crippen LogP contribution is 2.15. The van der Waals surface area contributed by atoms with E-state index in [1.807, 2.05) is 0 Å². The zero-order valence-electron chi connectivity index (χ0n) is 17.1. The molecule has 0 saturated heterocycles. The molecule has 1 aromatic rings. The van der Waals surface area contributed by atoms with Crippen molar-refractivity contribution in [2.75, 3.05) is 25.0 Å². The van der Waals surface area contributed by atoms with E-state index in [0.29, 0.717) is 0 Å². The molecule has 0 fully saturated rings. The first kappa shape index (κ1) is 23.5. The minimum Gasteiger partial charge on any atom is -0.494 e. The Balaban J connectivity index is 2.24. The molecule has 0 aliphatic rings. The summed E-state index contributed by atoms with van der Waals surface area (Å²) in [5.41, 5.74) is 1.40. The summed E-state index contributed by atoms with van der Waals surface area (Å²) < 4.78 is 5.90. The maximum absolute atomic E-state index is 5.90. The molecule has 0 N–H and O–H groups in total. The van der Waals surface area contributed by atoms with Gasteiger partial charge in [-0.3, -0.25) is 4.90 Å². The van der Waals surface area contributed by atoms with Gasteiger partial charge in [0.25, 0.3) is 0 Å². The summed E-state index contributed by atoms with van der Waals surface area (Å²) >= 11 is 3.49. The lowest BCUT2D eigenvalue weighted by molar-refractivity contribution is 0.257. The molecule has 0 bridgehead atoms. The number of unbranched alkanes of at least 4 members (excludes halogenated alkanes) is 7. The second-order valence-corrected chi connectivity index (χ2v) is 8.08. The van der Waals surface area contributed by atoms with Crippen molar-refractivity contribution >= 4 is 15.9 Å². The second-order valence-electron chi connectivity index (χ2n) is 7.29. The van der Waals surface area contributed by atoms with Gasteiger partial charge in [-0.1, -0.05) is 80.4 Å². The lowest BCUT2D eigenvalue weighted by atomic mass is 10.1. The molecule has 0 spiro atoms. The fraction of sp³-hybridized carbons (Fsp3) is 0.739. The fourth-order valence-corrected chi connectivity index (χ4v) is 3.47. The largest absolute Gasteiger partial charge is 0.494 e. The molecule has 0 radical (unpaired) electrons. The van der Waals surface area contributed by atoms with Gasteiger partial charge in [-0.05, 0) is 56.5 Å². The predicted molar refractivity (Wildman–Crippen MR) is 119 cm³/mol. The third kappa shape index (κ3) is 12.0. The number of ether oxygens (including phenoxy) is 1. The van der Waals surface area contributed by atoms with Crippen molar-refractivity contribution in [2.45, 2.75) is 84.6 Å². The number of alkyl halides is 1. The molecule has 1 aromatic carbocycles. The highest BCUT2D eigenvalue weighted by Gasteiger charge is 2.05. The van der Waals surface area contributed by atoms with Gasteiger partial charge in [-0.15, -0.1) is 0 Å². The van der Waals surface area contributed by atoms with Crippen LogP contribution in [-0.2, 0) is 6.54 Å². The lowest BCUT2D eigenvalue weighted by Crippen LogP contribution is -2.25. The zero-order chi connectivity index (χ0) is 18.9. The number of hydrogen-bond donors (Lipinski definition) is 0. The Morgan fingerprint density at radius 2 is 1.35 bits per heavy atom. The van der Waals surface area contributed by atoms with Crippen molar-refractivity contribution < 1.29 is 4.74 Å². The average molecular weight is 426 g/mol. The lowest BCUT2D eigenvalue weighted by Gasteiger charge is -2.22. The van der Waals surface area contributed by atoms with Gasteiger partial charge in [0.2, 0.25) is 0 Å². The van der Waals surface area contributed by atoms with Crippen molar-refractivity contribution in [1.82, 2.24) is 4.90 Å². The second kappa shape index (κ2) is 16.6. The Bertz CT molecular complexity index is 413. The molecule has 0 saturated carbocycles. The summed E-state index contributed by atoms with van der Waals surface area (Å²) in [4.78, 5) is 2.60. The number of nitrogens with zero attached hydrogens (tertiary/aromatic N) is 1. The monoisotopic (exact) mass is 425 g/mol. The van der Waals surface area contributed by atoms with Gasteiger partial charge < -0.3 is 4.74 Å². The average Bonchev–Trinajstić information content (AvgIpc) is 2.67. The van der Waals surface area contributed by atoms with E-state index in [9.17, 15) is 0 Å². The number of benzene rings is 1. The molecule has 0 aliphatic carbocycles. The Kier molecular flexibility index (Phi) is 15.0. The fourth-order valence-electron chi connectivity index (χ4n) is 3.08. The van der Waals surface area contributed by atoms with Gasteiger partial charge in [0, 0.05) is 11.9 Å². The molecule has 1 rings (SSSR count). The van der Waals surface area contributed by atoms with Gasteiger partial charge in [0.05, 0.1) is 6.61 Å². The maximum atomic E-state index is 5.90. The first-order valence-electron chi connectivity index (χ1n) is 10.8. The van der Waals surface area contributed by atoms with Gasteiger partial charge in [-0.2, -0.15) is 0 Å². The molecule has 0 aromatic heterocycles. The molecule has 0 aliphatic heterocycles. The first-order valence-corrected chi connectivity index (χ1v) is 11.9. The molecule has 0 heterocycles. The van der Waals surface area contributed by atoms with Crippen LogP contribution in [0, 0.1) is 0 Å². The standard InChI is InChI=1S/C23H40BrNO/c1-3-5-18-25(19-6-4-2)21-22-13-15-23(16-14-22)26-20-12-10-8-7-9-11-17-24/h13-16H,3-12,17-21H2,1-2H3. The zero-order valence-corrected chi connectivity index (χ0v) is 18.7. The van der Waals surface area contributed by atoms with Crippen molar-refractivity contribution in [3.63, 3.8) is 0 Å². The van der Waals surface area contributed by atoms with Crippen LogP contribution in [0.15, 0.2) is 24.3 Å². The van der Waals surface area contributed by atoms with E-state index in [2.05, 4.69) is 58.9 Å². The van der Waals surface area contributed by atoms with Gasteiger partial charge in [-0.25, -0.2) is 0 Å². The topological polar surface area (TPSA) is 12.5 Å². The Hall–Kier alpha value is -0.540. The number of hydrogen-bond acceptors (Lipinski definition) is 2. The van der Waals surface area contributed by atoms with Crippen molar-refractivity contribution in [1.29, 1.82) is 0 Å². The van der Waals surface area contributed by atoms with Crippen LogP contribution in [0.1, 0.15) is 83.6 Å². The van der Waals surface area contributed by atoms with Crippen LogP contribution < -0.4 is 4.74 Å². The van der Waals surface area contributed by atoms with Crippen LogP contribution in [0.3, 0.4) is 0 Å². The summed E-state index contributed by atoms with van der Waals surface area (Å²) in [5.74, 6) is 1.02. The van der Waals surface area contributed by atoms with Crippen LogP contribution in [0.2, 0.25) is 0 Å². The molecule has 26 heavy (non-hydrogen) atoms. The van der Waals surface area contributed by atoms with Crippen LogP contribution in [0.4, 0.5) is 0 Å². The maximum Gasteiger partial charge on any atom is 0.119 e. The van der Waals surface area contributed by atoms with E-state index < -0.39 is 0 Å². The molecular formula is C23H40BrNO. The molecule has 150 valence electrons. The van der Waals surface area contributed by atoms with E-state index in [4.69, 9.17) is 4.74 Å². The quantitative estimate of drug-likeness (QED) is 0.193. The van der Waals surface area contributed by atoms with Crippen molar-refractivity contribution in [3.05, 3.63) is 29.8 Å². The van der Waals surface area contributed by atoms with Crippen molar-refractivity contribution in [2.24, 2.45) is 0 Å². The first-order chi connectivity index (χ1) is 12.8. The van der Waals surface area contributed by atoms with E-state index >= 15 is 0 Å². The molecule has 0 atom stereocenters. The summed E-state index contributed by atoms with van der Waals surface area (Å²) in [5, 5.41) is 1.14. The van der Waals surface area contributed by atoms with Gasteiger partial charge in [0.15, 0.2) is 0 Å². The Morgan fingerprint density at radius 3 is 1.92 bits per heavy atom.